The third-order valence-corrected chi connectivity index (χ3v) is 7.54. The Morgan fingerprint density at radius 2 is 1.33 bits per heavy atom. The van der Waals surface area contributed by atoms with Crippen molar-refractivity contribution in [2.75, 3.05) is 6.54 Å². The zero-order valence-electron chi connectivity index (χ0n) is 24.0. The van der Waals surface area contributed by atoms with Crippen LogP contribution in [0.15, 0.2) is 84.9 Å². The molecule has 0 saturated carbocycles. The summed E-state index contributed by atoms with van der Waals surface area (Å²) in [5.74, 6) is -2.47. The highest BCUT2D eigenvalue weighted by Gasteiger charge is 2.43. The number of benzene rings is 3. The van der Waals surface area contributed by atoms with Crippen LogP contribution in [0.25, 0.3) is 0 Å². The smallest absolute Gasteiger partial charge is 0.252 e. The number of nitrogens with one attached hydrogen (secondary N) is 2. The Bertz CT molecular complexity index is 1380. The molecule has 1 aliphatic heterocycles. The van der Waals surface area contributed by atoms with Crippen LogP contribution in [-0.4, -0.2) is 64.3 Å². The number of hydrogen-bond donors (Lipinski definition) is 5. The third kappa shape index (κ3) is 8.50. The number of phenols is 1. The average Bonchev–Trinajstić information content (AvgIpc) is 3.04. The van der Waals surface area contributed by atoms with Crippen LogP contribution in [0.1, 0.15) is 36.0 Å². The zero-order valence-corrected chi connectivity index (χ0v) is 24.0. The van der Waals surface area contributed by atoms with Crippen LogP contribution in [0, 0.1) is 0 Å². The van der Waals surface area contributed by atoms with Gasteiger partial charge in [0.05, 0.1) is 6.04 Å². The van der Waals surface area contributed by atoms with Crippen LogP contribution in [0.5, 0.6) is 5.75 Å². The Morgan fingerprint density at radius 1 is 0.767 bits per heavy atom. The molecule has 43 heavy (non-hydrogen) atoms. The van der Waals surface area contributed by atoms with Gasteiger partial charge < -0.3 is 27.2 Å². The van der Waals surface area contributed by atoms with E-state index >= 15 is 0 Å². The lowest BCUT2D eigenvalue weighted by molar-refractivity contribution is -0.154. The fourth-order valence-corrected chi connectivity index (χ4v) is 5.24. The van der Waals surface area contributed by atoms with E-state index in [9.17, 15) is 24.3 Å². The third-order valence-electron chi connectivity index (χ3n) is 7.54. The quantitative estimate of drug-likeness (QED) is 0.213. The van der Waals surface area contributed by atoms with E-state index in [1.54, 1.807) is 12.1 Å². The Kier molecular flexibility index (Phi) is 11.0. The van der Waals surface area contributed by atoms with Crippen molar-refractivity contribution in [2.24, 2.45) is 11.5 Å². The van der Waals surface area contributed by atoms with Gasteiger partial charge in [0.15, 0.2) is 0 Å². The molecule has 4 rings (SSSR count). The van der Waals surface area contributed by atoms with Crippen LogP contribution < -0.4 is 22.1 Å². The van der Waals surface area contributed by atoms with E-state index in [0.29, 0.717) is 24.9 Å². The van der Waals surface area contributed by atoms with Crippen LogP contribution >= 0.6 is 0 Å². The minimum atomic E-state index is -1.19. The van der Waals surface area contributed by atoms with Gasteiger partial charge in [0, 0.05) is 12.8 Å². The summed E-state index contributed by atoms with van der Waals surface area (Å²) in [6.45, 7) is 0.379. The predicted octanol–water partition coefficient (Wildman–Crippen LogP) is 1.58. The number of unbranched alkanes of at least 4 members (excludes halogenated alkanes) is 1. The second-order valence-corrected chi connectivity index (χ2v) is 10.8. The molecule has 7 N–H and O–H groups in total. The number of imide groups is 1. The molecule has 1 fully saturated rings. The van der Waals surface area contributed by atoms with Crippen LogP contribution in [0.2, 0.25) is 0 Å². The lowest BCUT2D eigenvalue weighted by Crippen LogP contribution is -2.60. The van der Waals surface area contributed by atoms with E-state index < -0.39 is 47.8 Å². The molecular formula is C33H39N5O5. The topological polar surface area (TPSA) is 168 Å². The molecule has 0 aromatic heterocycles. The fraction of sp³-hybridized carbons (Fsp3) is 0.333. The van der Waals surface area contributed by atoms with Crippen molar-refractivity contribution >= 4 is 23.6 Å². The van der Waals surface area contributed by atoms with Crippen molar-refractivity contribution in [1.82, 2.24) is 15.5 Å². The fourth-order valence-electron chi connectivity index (χ4n) is 5.24. The number of carbonyl (C=O) groups excluding carboxylic acids is 4. The molecule has 1 saturated heterocycles. The van der Waals surface area contributed by atoms with E-state index in [2.05, 4.69) is 10.6 Å². The molecule has 1 aliphatic rings. The first kappa shape index (κ1) is 31.4. The lowest BCUT2D eigenvalue weighted by Gasteiger charge is -2.33. The maximum Gasteiger partial charge on any atom is 0.252 e. The molecule has 0 radical (unpaired) electrons. The molecule has 4 atom stereocenters. The highest BCUT2D eigenvalue weighted by molar-refractivity contribution is 6.06. The summed E-state index contributed by atoms with van der Waals surface area (Å²) in [4.78, 5) is 56.7. The van der Waals surface area contributed by atoms with Crippen molar-refractivity contribution in [2.45, 2.75) is 62.7 Å². The molecule has 10 heteroatoms. The second kappa shape index (κ2) is 15.1. The Labute approximate surface area is 251 Å². The Balaban J connectivity index is 1.72. The number of phenolic OH excluding ortho intramolecular Hbond substituents is 1. The molecule has 0 spiro atoms. The highest BCUT2D eigenvalue weighted by atomic mass is 16.3. The maximum atomic E-state index is 14.3. The predicted molar refractivity (Wildman–Crippen MR) is 162 cm³/mol. The van der Waals surface area contributed by atoms with E-state index in [1.165, 1.54) is 12.1 Å². The van der Waals surface area contributed by atoms with Gasteiger partial charge in [0.1, 0.15) is 23.9 Å². The number of nitrogens with zero attached hydrogens (tertiary/aromatic N) is 1. The zero-order chi connectivity index (χ0) is 30.8. The number of nitrogens with two attached hydrogens (primary N) is 2. The molecule has 0 bridgehead atoms. The number of aromatic hydroxyl groups is 1. The summed E-state index contributed by atoms with van der Waals surface area (Å²) in [5.41, 5.74) is 14.4. The van der Waals surface area contributed by atoms with Gasteiger partial charge in [0.2, 0.25) is 17.7 Å². The molecule has 4 amide bonds. The van der Waals surface area contributed by atoms with Crippen LogP contribution in [0.4, 0.5) is 0 Å². The van der Waals surface area contributed by atoms with Gasteiger partial charge in [-0.05, 0) is 61.1 Å². The lowest BCUT2D eigenvalue weighted by atomic mass is 9.99. The number of carbonyl (C=O) groups is 4. The molecule has 1 heterocycles. The van der Waals surface area contributed by atoms with Gasteiger partial charge in [-0.1, -0.05) is 72.8 Å². The van der Waals surface area contributed by atoms with Gasteiger partial charge in [-0.2, -0.15) is 0 Å². The normalized spacial score (nSPS) is 19.9. The van der Waals surface area contributed by atoms with E-state index in [-0.39, 0.29) is 31.4 Å². The van der Waals surface area contributed by atoms with E-state index in [4.69, 9.17) is 11.5 Å². The largest absolute Gasteiger partial charge is 0.508 e. The van der Waals surface area contributed by atoms with E-state index in [1.807, 2.05) is 60.7 Å². The van der Waals surface area contributed by atoms with Crippen molar-refractivity contribution in [3.63, 3.8) is 0 Å². The molecule has 0 aliphatic carbocycles. The van der Waals surface area contributed by atoms with Gasteiger partial charge in [-0.3, -0.25) is 24.1 Å². The maximum absolute atomic E-state index is 14.3. The summed E-state index contributed by atoms with van der Waals surface area (Å²) in [7, 11) is 0. The second-order valence-electron chi connectivity index (χ2n) is 10.8. The van der Waals surface area contributed by atoms with Crippen molar-refractivity contribution in [3.05, 3.63) is 102 Å². The highest BCUT2D eigenvalue weighted by Crippen LogP contribution is 2.19. The van der Waals surface area contributed by atoms with Gasteiger partial charge >= 0.3 is 0 Å². The number of amides is 4. The monoisotopic (exact) mass is 585 g/mol. The standard InChI is InChI=1S/C33H39N5O5/c34-18-8-7-13-29-31(41)36-27(20-22-9-3-1-4-10-22)30(40)37-28(21-23-11-5-2-6-12-23)33(43)38(29)32(42)26(35)19-24-14-16-25(39)17-15-24/h1-6,9-12,14-17,26-29,39H,7-8,13,18-21,34-35H2,(H,36,41)(H,37,40)/t26-,27-,28-,29+/m0/s1. The summed E-state index contributed by atoms with van der Waals surface area (Å²) in [6, 6.07) is 20.2. The average molecular weight is 586 g/mol. The van der Waals surface area contributed by atoms with Crippen molar-refractivity contribution in [1.29, 1.82) is 0 Å². The molecule has 3 aromatic rings. The van der Waals surface area contributed by atoms with Crippen molar-refractivity contribution in [3.8, 4) is 5.75 Å². The molecule has 226 valence electrons. The molecule has 0 unspecified atom stereocenters. The molecule has 3 aromatic carbocycles. The first-order valence-corrected chi connectivity index (χ1v) is 14.6. The SMILES string of the molecule is NCCCC[C@@H]1C(=O)N[C@@H](Cc2ccccc2)C(=O)N[C@@H](Cc2ccccc2)C(=O)N1C(=O)[C@@H](N)Cc1ccc(O)cc1. The summed E-state index contributed by atoms with van der Waals surface area (Å²) in [6.07, 6.45) is 1.62. The Morgan fingerprint density at radius 3 is 1.91 bits per heavy atom. The van der Waals surface area contributed by atoms with Crippen LogP contribution in [-0.2, 0) is 38.4 Å². The first-order valence-electron chi connectivity index (χ1n) is 14.6. The number of rotatable bonds is 11. The molecule has 10 nitrogen and oxygen atoms in total. The van der Waals surface area contributed by atoms with Gasteiger partial charge in [-0.25, -0.2) is 0 Å². The van der Waals surface area contributed by atoms with E-state index in [0.717, 1.165) is 16.0 Å². The Hall–Kier alpha value is -4.54. The van der Waals surface area contributed by atoms with Crippen LogP contribution in [0.3, 0.4) is 0 Å². The summed E-state index contributed by atoms with van der Waals surface area (Å²) < 4.78 is 0. The van der Waals surface area contributed by atoms with Gasteiger partial charge in [0.25, 0.3) is 5.91 Å². The first-order chi connectivity index (χ1) is 20.8. The van der Waals surface area contributed by atoms with Crippen molar-refractivity contribution < 1.29 is 24.3 Å². The van der Waals surface area contributed by atoms with Gasteiger partial charge in [-0.15, -0.1) is 0 Å². The summed E-state index contributed by atoms with van der Waals surface area (Å²) in [5, 5.41) is 15.3. The minimum absolute atomic E-state index is 0.0695. The molecular weight excluding hydrogens is 546 g/mol. The summed E-state index contributed by atoms with van der Waals surface area (Å²) >= 11 is 0. The number of hydrogen-bond acceptors (Lipinski definition) is 7. The minimum Gasteiger partial charge on any atom is -0.508 e.